The van der Waals surface area contributed by atoms with Crippen LogP contribution in [0.3, 0.4) is 0 Å². The van der Waals surface area contributed by atoms with Crippen molar-refractivity contribution in [1.82, 2.24) is 10.2 Å². The number of nitrogen functional groups attached to an aromatic ring is 1. The fourth-order valence-electron chi connectivity index (χ4n) is 1.87. The molecule has 4 heteroatoms. The van der Waals surface area contributed by atoms with Gasteiger partial charge in [0.05, 0.1) is 5.69 Å². The minimum Gasteiger partial charge on any atom is -0.382 e. The summed E-state index contributed by atoms with van der Waals surface area (Å²) in [5, 5.41) is 7.82. The summed E-state index contributed by atoms with van der Waals surface area (Å²) in [6.07, 6.45) is 1.96. The van der Waals surface area contributed by atoms with E-state index in [0.29, 0.717) is 5.82 Å². The van der Waals surface area contributed by atoms with E-state index in [1.54, 1.807) is 0 Å². The Kier molecular flexibility index (Phi) is 3.38. The molecule has 1 heterocycles. The Morgan fingerprint density at radius 3 is 2.82 bits per heavy atom. The lowest BCUT2D eigenvalue weighted by Crippen LogP contribution is -1.92. The van der Waals surface area contributed by atoms with Crippen molar-refractivity contribution in [2.75, 3.05) is 5.73 Å². The van der Waals surface area contributed by atoms with Crippen LogP contribution in [0.2, 0.25) is 5.02 Å². The smallest absolute Gasteiger partial charge is 0.149 e. The van der Waals surface area contributed by atoms with Crippen LogP contribution in [0.25, 0.3) is 11.3 Å². The third-order valence-electron chi connectivity index (χ3n) is 2.86. The van der Waals surface area contributed by atoms with Gasteiger partial charge >= 0.3 is 0 Å². The Morgan fingerprint density at radius 2 is 2.18 bits per heavy atom. The highest BCUT2D eigenvalue weighted by Gasteiger charge is 2.12. The van der Waals surface area contributed by atoms with E-state index in [1.165, 1.54) is 0 Å². The summed E-state index contributed by atoms with van der Waals surface area (Å²) < 4.78 is 0. The van der Waals surface area contributed by atoms with E-state index in [1.807, 2.05) is 25.1 Å². The molecule has 2 rings (SSSR count). The fourth-order valence-corrected chi connectivity index (χ4v) is 2.05. The van der Waals surface area contributed by atoms with Crippen LogP contribution in [-0.2, 0) is 6.42 Å². The molecule has 90 valence electrons. The summed E-state index contributed by atoms with van der Waals surface area (Å²) in [6, 6.07) is 5.99. The Morgan fingerprint density at radius 1 is 1.41 bits per heavy atom. The second-order valence-corrected chi connectivity index (χ2v) is 4.58. The number of nitrogens with two attached hydrogens (primary N) is 1. The Balaban J connectivity index is 2.48. The molecule has 1 aromatic carbocycles. The zero-order chi connectivity index (χ0) is 12.4. The number of aryl methyl sites for hydroxylation is 1. The van der Waals surface area contributed by atoms with Crippen molar-refractivity contribution in [3.05, 3.63) is 34.3 Å². The fraction of sp³-hybridized carbons (Fsp3) is 0.308. The van der Waals surface area contributed by atoms with Gasteiger partial charge < -0.3 is 5.73 Å². The van der Waals surface area contributed by atoms with Crippen LogP contribution >= 0.6 is 11.6 Å². The summed E-state index contributed by atoms with van der Waals surface area (Å²) in [7, 11) is 0. The van der Waals surface area contributed by atoms with Crippen molar-refractivity contribution in [2.24, 2.45) is 0 Å². The highest BCUT2D eigenvalue weighted by molar-refractivity contribution is 6.31. The van der Waals surface area contributed by atoms with Gasteiger partial charge in [-0.15, -0.1) is 0 Å². The normalized spacial score (nSPS) is 10.8. The maximum Gasteiger partial charge on any atom is 0.149 e. The molecular weight excluding hydrogens is 234 g/mol. The van der Waals surface area contributed by atoms with E-state index in [0.717, 1.165) is 40.2 Å². The summed E-state index contributed by atoms with van der Waals surface area (Å²) >= 11 is 6.13. The molecule has 0 saturated heterocycles. The molecule has 3 N–H and O–H groups in total. The quantitative estimate of drug-likeness (QED) is 0.874. The number of H-pyrrole nitrogens is 1. The SMILES string of the molecule is CCCc1c(N)n[nH]c1-c1ccc(C)c(Cl)c1. The first-order valence-corrected chi connectivity index (χ1v) is 6.10. The van der Waals surface area contributed by atoms with Gasteiger partial charge in [-0.25, -0.2) is 0 Å². The molecule has 0 saturated carbocycles. The van der Waals surface area contributed by atoms with Crippen molar-refractivity contribution < 1.29 is 0 Å². The van der Waals surface area contributed by atoms with Crippen molar-refractivity contribution >= 4 is 17.4 Å². The van der Waals surface area contributed by atoms with Gasteiger partial charge in [0, 0.05) is 16.1 Å². The van der Waals surface area contributed by atoms with Crippen LogP contribution in [-0.4, -0.2) is 10.2 Å². The van der Waals surface area contributed by atoms with Crippen molar-refractivity contribution in [2.45, 2.75) is 26.7 Å². The molecule has 17 heavy (non-hydrogen) atoms. The highest BCUT2D eigenvalue weighted by Crippen LogP contribution is 2.29. The molecule has 0 amide bonds. The van der Waals surface area contributed by atoms with Crippen LogP contribution in [0.5, 0.6) is 0 Å². The maximum atomic E-state index is 6.13. The van der Waals surface area contributed by atoms with E-state index < -0.39 is 0 Å². The van der Waals surface area contributed by atoms with Gasteiger partial charge in [-0.3, -0.25) is 5.10 Å². The predicted molar refractivity (Wildman–Crippen MR) is 72.2 cm³/mol. The predicted octanol–water partition coefficient (Wildman–Crippen LogP) is 3.57. The first-order chi connectivity index (χ1) is 8.13. The highest BCUT2D eigenvalue weighted by atomic mass is 35.5. The van der Waals surface area contributed by atoms with Gasteiger partial charge in [0.1, 0.15) is 5.82 Å². The first-order valence-electron chi connectivity index (χ1n) is 5.72. The molecule has 0 radical (unpaired) electrons. The summed E-state index contributed by atoms with van der Waals surface area (Å²) in [4.78, 5) is 0. The number of halogens is 1. The number of nitrogens with one attached hydrogen (secondary N) is 1. The number of anilines is 1. The average Bonchev–Trinajstić information content (AvgIpc) is 2.66. The molecule has 0 aliphatic carbocycles. The average molecular weight is 250 g/mol. The van der Waals surface area contributed by atoms with E-state index in [-0.39, 0.29) is 0 Å². The van der Waals surface area contributed by atoms with Crippen LogP contribution in [0.1, 0.15) is 24.5 Å². The van der Waals surface area contributed by atoms with Gasteiger partial charge in [-0.1, -0.05) is 37.1 Å². The third kappa shape index (κ3) is 2.29. The Labute approximate surface area is 106 Å². The largest absolute Gasteiger partial charge is 0.382 e. The minimum absolute atomic E-state index is 0.582. The minimum atomic E-state index is 0.582. The number of benzene rings is 1. The molecular formula is C13H16ClN3. The standard InChI is InChI=1S/C13H16ClN3/c1-3-4-10-12(16-17-13(10)15)9-6-5-8(2)11(14)7-9/h5-7H,3-4H2,1-2H3,(H3,15,16,17). The molecule has 0 spiro atoms. The summed E-state index contributed by atoms with van der Waals surface area (Å²) in [6.45, 7) is 4.11. The van der Waals surface area contributed by atoms with Gasteiger partial charge in [0.25, 0.3) is 0 Å². The molecule has 3 nitrogen and oxygen atoms in total. The lowest BCUT2D eigenvalue weighted by molar-refractivity contribution is 0.927. The van der Waals surface area contributed by atoms with Crippen molar-refractivity contribution in [3.63, 3.8) is 0 Å². The second-order valence-electron chi connectivity index (χ2n) is 4.18. The lowest BCUT2D eigenvalue weighted by atomic mass is 10.0. The van der Waals surface area contributed by atoms with Gasteiger partial charge in [-0.2, -0.15) is 5.10 Å². The number of aromatic amines is 1. The van der Waals surface area contributed by atoms with Gasteiger partial charge in [0.2, 0.25) is 0 Å². The number of hydrogen-bond acceptors (Lipinski definition) is 2. The molecule has 2 aromatic rings. The first kappa shape index (κ1) is 12.0. The molecule has 0 unspecified atom stereocenters. The summed E-state index contributed by atoms with van der Waals surface area (Å²) in [5.74, 6) is 0.582. The van der Waals surface area contributed by atoms with Crippen LogP contribution in [0, 0.1) is 6.92 Å². The Hall–Kier alpha value is -1.48. The number of aromatic nitrogens is 2. The number of hydrogen-bond donors (Lipinski definition) is 2. The monoisotopic (exact) mass is 249 g/mol. The van der Waals surface area contributed by atoms with Crippen molar-refractivity contribution in [3.8, 4) is 11.3 Å². The maximum absolute atomic E-state index is 6.13. The topological polar surface area (TPSA) is 54.7 Å². The van der Waals surface area contributed by atoms with E-state index in [4.69, 9.17) is 17.3 Å². The van der Waals surface area contributed by atoms with Crippen LogP contribution in [0.4, 0.5) is 5.82 Å². The Bertz CT molecular complexity index is 531. The van der Waals surface area contributed by atoms with Crippen LogP contribution < -0.4 is 5.73 Å². The van der Waals surface area contributed by atoms with Gasteiger partial charge in [0.15, 0.2) is 0 Å². The molecule has 0 fully saturated rings. The van der Waals surface area contributed by atoms with E-state index in [9.17, 15) is 0 Å². The molecule has 0 aliphatic rings. The number of rotatable bonds is 3. The molecule has 0 bridgehead atoms. The second kappa shape index (κ2) is 4.80. The lowest BCUT2D eigenvalue weighted by Gasteiger charge is -2.05. The molecule has 0 atom stereocenters. The summed E-state index contributed by atoms with van der Waals surface area (Å²) in [5.41, 5.74) is 10.0. The van der Waals surface area contributed by atoms with Gasteiger partial charge in [-0.05, 0) is 25.0 Å². The third-order valence-corrected chi connectivity index (χ3v) is 3.27. The van der Waals surface area contributed by atoms with Crippen LogP contribution in [0.15, 0.2) is 18.2 Å². The zero-order valence-electron chi connectivity index (χ0n) is 10.0. The number of nitrogens with zero attached hydrogens (tertiary/aromatic N) is 1. The molecule has 0 aliphatic heterocycles. The van der Waals surface area contributed by atoms with Crippen molar-refractivity contribution in [1.29, 1.82) is 0 Å². The van der Waals surface area contributed by atoms with E-state index in [2.05, 4.69) is 17.1 Å². The van der Waals surface area contributed by atoms with E-state index >= 15 is 0 Å². The molecule has 1 aromatic heterocycles. The zero-order valence-corrected chi connectivity index (χ0v) is 10.8.